The van der Waals surface area contributed by atoms with Gasteiger partial charge >= 0.3 is 0 Å². The van der Waals surface area contributed by atoms with E-state index in [1.807, 2.05) is 36.4 Å². The molecule has 2 aromatic rings. The summed E-state index contributed by atoms with van der Waals surface area (Å²) >= 11 is 0. The number of benzene rings is 1. The topological polar surface area (TPSA) is 25.8 Å². The molecule has 0 N–H and O–H groups in total. The smallest absolute Gasteiger partial charge is 0.0935 e. The van der Waals surface area contributed by atoms with E-state index in [2.05, 4.69) is 29.3 Å². The molecule has 0 atom stereocenters. The zero-order valence-corrected chi connectivity index (χ0v) is 9.30. The quantitative estimate of drug-likeness (QED) is 0.723. The molecule has 0 spiro atoms. The molecule has 1 aromatic carbocycles. The van der Waals surface area contributed by atoms with Crippen LogP contribution in [-0.2, 0) is 0 Å². The van der Waals surface area contributed by atoms with E-state index in [0.29, 0.717) is 0 Å². The van der Waals surface area contributed by atoms with Crippen LogP contribution in [0.25, 0.3) is 16.8 Å². The van der Waals surface area contributed by atoms with Crippen molar-refractivity contribution in [3.63, 3.8) is 0 Å². The number of nitrogens with zero attached hydrogens (tertiary/aromatic N) is 2. The highest BCUT2D eigenvalue weighted by Crippen LogP contribution is 2.15. The van der Waals surface area contributed by atoms with Gasteiger partial charge in [-0.25, -0.2) is 0 Å². The predicted octanol–water partition coefficient (Wildman–Crippen LogP) is 3.61. The molecule has 16 heavy (non-hydrogen) atoms. The van der Waals surface area contributed by atoms with E-state index in [4.69, 9.17) is 0 Å². The first-order valence-electron chi connectivity index (χ1n) is 5.45. The largest absolute Gasteiger partial charge is 0.158 e. The van der Waals surface area contributed by atoms with Crippen molar-refractivity contribution in [2.75, 3.05) is 0 Å². The minimum Gasteiger partial charge on any atom is -0.158 e. The highest BCUT2D eigenvalue weighted by molar-refractivity contribution is 5.88. The lowest BCUT2D eigenvalue weighted by atomic mass is 10.1. The summed E-state index contributed by atoms with van der Waals surface area (Å²) in [5.41, 5.74) is 0.916. The molecule has 0 saturated carbocycles. The van der Waals surface area contributed by atoms with Crippen LogP contribution in [0.4, 0.5) is 0 Å². The van der Waals surface area contributed by atoms with Crippen LogP contribution in [0.3, 0.4) is 0 Å². The zero-order valence-electron chi connectivity index (χ0n) is 9.30. The van der Waals surface area contributed by atoms with Gasteiger partial charge in [-0.15, -0.1) is 0 Å². The van der Waals surface area contributed by atoms with Gasteiger partial charge in [0.2, 0.25) is 0 Å². The Hall–Kier alpha value is -1.96. The second-order valence-electron chi connectivity index (χ2n) is 3.51. The molecule has 80 valence electrons. The van der Waals surface area contributed by atoms with Crippen LogP contribution in [0.1, 0.15) is 19.0 Å². The van der Waals surface area contributed by atoms with Crippen molar-refractivity contribution in [1.29, 1.82) is 0 Å². The lowest BCUT2D eigenvalue weighted by Crippen LogP contribution is -1.87. The lowest BCUT2D eigenvalue weighted by Gasteiger charge is -1.98. The number of hydrogen-bond acceptors (Lipinski definition) is 2. The Bertz CT molecular complexity index is 522. The lowest BCUT2D eigenvalue weighted by molar-refractivity contribution is 1.04. The van der Waals surface area contributed by atoms with Gasteiger partial charge in [-0.3, -0.25) is 0 Å². The molecule has 2 nitrogen and oxygen atoms in total. The van der Waals surface area contributed by atoms with E-state index in [-0.39, 0.29) is 0 Å². The highest BCUT2D eigenvalue weighted by Gasteiger charge is 1.97. The van der Waals surface area contributed by atoms with Crippen LogP contribution < -0.4 is 0 Å². The summed E-state index contributed by atoms with van der Waals surface area (Å²) in [6.45, 7) is 2.11. The maximum absolute atomic E-state index is 4.13. The standard InChI is InChI=1S/C14H14N2/c1-2-3-4-5-10-14-13-9-7-6-8-12(13)11-15-16-14/h3-11H,2H2,1H3. The van der Waals surface area contributed by atoms with E-state index in [1.54, 1.807) is 6.20 Å². The fraction of sp³-hybridized carbons (Fsp3) is 0.143. The van der Waals surface area contributed by atoms with Crippen molar-refractivity contribution in [2.24, 2.45) is 0 Å². The van der Waals surface area contributed by atoms with Crippen LogP contribution >= 0.6 is 0 Å². The molecule has 0 fully saturated rings. The normalized spacial score (nSPS) is 11.8. The predicted molar refractivity (Wildman–Crippen MR) is 68.0 cm³/mol. The molecule has 0 amide bonds. The van der Waals surface area contributed by atoms with E-state index in [0.717, 1.165) is 22.9 Å². The van der Waals surface area contributed by atoms with Gasteiger partial charge in [0.05, 0.1) is 11.9 Å². The van der Waals surface area contributed by atoms with E-state index in [1.165, 1.54) is 0 Å². The van der Waals surface area contributed by atoms with E-state index >= 15 is 0 Å². The van der Waals surface area contributed by atoms with Gasteiger partial charge in [-0.05, 0) is 12.5 Å². The van der Waals surface area contributed by atoms with E-state index < -0.39 is 0 Å². The number of rotatable bonds is 3. The Labute approximate surface area is 95.3 Å². The van der Waals surface area contributed by atoms with Crippen molar-refractivity contribution in [2.45, 2.75) is 13.3 Å². The third-order valence-electron chi connectivity index (χ3n) is 2.34. The van der Waals surface area contributed by atoms with Crippen LogP contribution in [0, 0.1) is 0 Å². The summed E-state index contributed by atoms with van der Waals surface area (Å²) in [5, 5.41) is 10.4. The minimum absolute atomic E-state index is 0.916. The Morgan fingerprint density at radius 3 is 2.94 bits per heavy atom. The van der Waals surface area contributed by atoms with Crippen molar-refractivity contribution in [1.82, 2.24) is 10.2 Å². The molecule has 1 heterocycles. The molecule has 0 aliphatic carbocycles. The first-order chi connectivity index (χ1) is 7.92. The Balaban J connectivity index is 2.37. The van der Waals surface area contributed by atoms with Gasteiger partial charge in [0, 0.05) is 10.8 Å². The minimum atomic E-state index is 0.916. The third kappa shape index (κ3) is 2.34. The van der Waals surface area contributed by atoms with Gasteiger partial charge in [-0.1, -0.05) is 49.4 Å². The molecule has 0 aliphatic rings. The Morgan fingerprint density at radius 2 is 2.06 bits per heavy atom. The summed E-state index contributed by atoms with van der Waals surface area (Å²) in [6, 6.07) is 8.13. The molecule has 0 saturated heterocycles. The summed E-state index contributed by atoms with van der Waals surface area (Å²) in [5.74, 6) is 0. The number of hydrogen-bond donors (Lipinski definition) is 0. The van der Waals surface area contributed by atoms with Crippen LogP contribution in [0.5, 0.6) is 0 Å². The van der Waals surface area contributed by atoms with Crippen LogP contribution in [0.2, 0.25) is 0 Å². The van der Waals surface area contributed by atoms with Gasteiger partial charge < -0.3 is 0 Å². The molecular formula is C14H14N2. The van der Waals surface area contributed by atoms with Gasteiger partial charge in [0.25, 0.3) is 0 Å². The number of allylic oxidation sites excluding steroid dienone is 3. The summed E-state index contributed by atoms with van der Waals surface area (Å²) in [6.07, 6.45) is 11.0. The molecule has 0 unspecified atom stereocenters. The molecule has 2 rings (SSSR count). The van der Waals surface area contributed by atoms with Crippen LogP contribution in [-0.4, -0.2) is 10.2 Å². The molecular weight excluding hydrogens is 196 g/mol. The molecule has 0 radical (unpaired) electrons. The summed E-state index contributed by atoms with van der Waals surface area (Å²) in [4.78, 5) is 0. The number of fused-ring (bicyclic) bond motifs is 1. The third-order valence-corrected chi connectivity index (χ3v) is 2.34. The Morgan fingerprint density at radius 1 is 1.19 bits per heavy atom. The van der Waals surface area contributed by atoms with Gasteiger partial charge in [-0.2, -0.15) is 10.2 Å². The summed E-state index contributed by atoms with van der Waals surface area (Å²) in [7, 11) is 0. The average Bonchev–Trinajstić information content (AvgIpc) is 2.35. The maximum atomic E-state index is 4.13. The van der Waals surface area contributed by atoms with E-state index in [9.17, 15) is 0 Å². The van der Waals surface area contributed by atoms with Crippen molar-refractivity contribution >= 4 is 16.8 Å². The summed E-state index contributed by atoms with van der Waals surface area (Å²) < 4.78 is 0. The van der Waals surface area contributed by atoms with Crippen molar-refractivity contribution in [3.05, 3.63) is 54.4 Å². The molecule has 2 heteroatoms. The first-order valence-corrected chi connectivity index (χ1v) is 5.45. The van der Waals surface area contributed by atoms with Crippen molar-refractivity contribution in [3.8, 4) is 0 Å². The average molecular weight is 210 g/mol. The zero-order chi connectivity index (χ0) is 11.2. The molecule has 1 aromatic heterocycles. The van der Waals surface area contributed by atoms with Crippen molar-refractivity contribution < 1.29 is 0 Å². The van der Waals surface area contributed by atoms with Gasteiger partial charge in [0.15, 0.2) is 0 Å². The SMILES string of the molecule is CCC=CC=Cc1nncc2ccccc12. The fourth-order valence-corrected chi connectivity index (χ4v) is 1.53. The Kier molecular flexibility index (Phi) is 3.44. The highest BCUT2D eigenvalue weighted by atomic mass is 15.1. The fourth-order valence-electron chi connectivity index (χ4n) is 1.53. The molecule has 0 aliphatic heterocycles. The molecule has 0 bridgehead atoms. The second kappa shape index (κ2) is 5.21. The second-order valence-corrected chi connectivity index (χ2v) is 3.51. The van der Waals surface area contributed by atoms with Gasteiger partial charge in [0.1, 0.15) is 0 Å². The first kappa shape index (κ1) is 10.6. The van der Waals surface area contributed by atoms with Crippen LogP contribution in [0.15, 0.2) is 48.7 Å². The number of aromatic nitrogens is 2. The monoisotopic (exact) mass is 210 g/mol. The maximum Gasteiger partial charge on any atom is 0.0935 e.